The van der Waals surface area contributed by atoms with Crippen LogP contribution in [0.25, 0.3) is 11.1 Å². The monoisotopic (exact) mass is 825 g/mol. The summed E-state index contributed by atoms with van der Waals surface area (Å²) in [5.74, 6) is -6.06. The fourth-order valence-electron chi connectivity index (χ4n) is 6.93. The number of hydrogen-bond donors (Lipinski definition) is 8. The zero-order chi connectivity index (χ0) is 43.3. The highest BCUT2D eigenvalue weighted by molar-refractivity contribution is 6.00. The maximum Gasteiger partial charge on any atom is 0.326 e. The molecule has 5 aromatic carbocycles. The van der Waals surface area contributed by atoms with Gasteiger partial charge in [0, 0.05) is 24.9 Å². The Morgan fingerprint density at radius 1 is 0.492 bits per heavy atom. The van der Waals surface area contributed by atoms with Crippen LogP contribution in [-0.4, -0.2) is 87.2 Å². The first kappa shape index (κ1) is 43.4. The van der Waals surface area contributed by atoms with E-state index in [1.54, 1.807) is 54.6 Å². The maximum absolute atomic E-state index is 14.5. The van der Waals surface area contributed by atoms with E-state index >= 15 is 0 Å². The van der Waals surface area contributed by atoms with E-state index in [1.807, 2.05) is 60.7 Å². The SMILES string of the molecule is O=C(O)[C@@H]1Cc2ccc(cc2)NC(=O)[C@H](O)[C@@H](O)C(=O)N[C@H](CCc2ccccc2)C(=O)N[C@@H](Cc2ccc(-c3ccccc3)cc2)C(=O)N[C@H](Cc2ccccc2)C(=O)N1. The van der Waals surface area contributed by atoms with Gasteiger partial charge in [0.1, 0.15) is 24.2 Å². The predicted octanol–water partition coefficient (Wildman–Crippen LogP) is 2.71. The zero-order valence-corrected chi connectivity index (χ0v) is 33.1. The van der Waals surface area contributed by atoms with Crippen molar-refractivity contribution in [1.82, 2.24) is 21.3 Å². The minimum absolute atomic E-state index is 0.0152. The summed E-state index contributed by atoms with van der Waals surface area (Å²) in [5, 5.41) is 44.7. The second-order valence-electron chi connectivity index (χ2n) is 14.8. The molecule has 2 aliphatic heterocycles. The van der Waals surface area contributed by atoms with Crippen LogP contribution in [0.4, 0.5) is 5.69 Å². The lowest BCUT2D eigenvalue weighted by Gasteiger charge is -2.27. The molecule has 2 aliphatic rings. The average molecular weight is 826 g/mol. The molecule has 5 aromatic rings. The molecular formula is C47H47N5O9. The van der Waals surface area contributed by atoms with Crippen molar-refractivity contribution in [2.75, 3.05) is 5.32 Å². The van der Waals surface area contributed by atoms with Gasteiger partial charge in [-0.05, 0) is 58.4 Å². The summed E-state index contributed by atoms with van der Waals surface area (Å²) in [6.45, 7) is 0. The molecule has 0 saturated heterocycles. The molecule has 2 bridgehead atoms. The minimum atomic E-state index is -2.30. The van der Waals surface area contributed by atoms with E-state index in [2.05, 4.69) is 26.6 Å². The van der Waals surface area contributed by atoms with Crippen molar-refractivity contribution in [3.63, 3.8) is 0 Å². The number of carboxylic acid groups (broad SMARTS) is 1. The Morgan fingerprint density at radius 2 is 0.951 bits per heavy atom. The third-order valence-corrected chi connectivity index (χ3v) is 10.4. The molecule has 14 heteroatoms. The normalized spacial score (nSPS) is 21.8. The Labute approximate surface area is 352 Å². The molecule has 5 amide bonds. The van der Waals surface area contributed by atoms with Gasteiger partial charge < -0.3 is 41.9 Å². The maximum atomic E-state index is 14.5. The number of aliphatic carboxylic acids is 1. The topological polar surface area (TPSA) is 223 Å². The van der Waals surface area contributed by atoms with Crippen molar-refractivity contribution in [3.05, 3.63) is 162 Å². The Balaban J connectivity index is 1.37. The lowest BCUT2D eigenvalue weighted by Crippen LogP contribution is -2.59. The van der Waals surface area contributed by atoms with Crippen LogP contribution in [0.15, 0.2) is 140 Å². The van der Waals surface area contributed by atoms with Crippen LogP contribution in [0.5, 0.6) is 0 Å². The number of fused-ring (bicyclic) bond motifs is 18. The van der Waals surface area contributed by atoms with Crippen molar-refractivity contribution in [2.45, 2.75) is 68.5 Å². The number of aryl methyl sites for hydroxylation is 1. The number of anilines is 1. The number of hydrogen-bond acceptors (Lipinski definition) is 8. The molecule has 14 nitrogen and oxygen atoms in total. The second kappa shape index (κ2) is 20.7. The molecular weight excluding hydrogens is 779 g/mol. The number of amides is 5. The third-order valence-electron chi connectivity index (χ3n) is 10.4. The summed E-state index contributed by atoms with van der Waals surface area (Å²) in [6.07, 6.45) is -4.56. The molecule has 6 atom stereocenters. The predicted molar refractivity (Wildman–Crippen MR) is 227 cm³/mol. The molecule has 0 fully saturated rings. The van der Waals surface area contributed by atoms with Crippen molar-refractivity contribution in [1.29, 1.82) is 0 Å². The number of aliphatic hydroxyl groups is 2. The van der Waals surface area contributed by atoms with Gasteiger partial charge in [0.05, 0.1) is 0 Å². The quantitative estimate of drug-likeness (QED) is 0.102. The molecule has 0 saturated carbocycles. The molecule has 2 heterocycles. The Kier molecular flexibility index (Phi) is 14.7. The number of rotatable bonds is 9. The zero-order valence-electron chi connectivity index (χ0n) is 33.1. The summed E-state index contributed by atoms with van der Waals surface area (Å²) in [6, 6.07) is 35.3. The molecule has 8 N–H and O–H groups in total. The van der Waals surface area contributed by atoms with Crippen LogP contribution >= 0.6 is 0 Å². The lowest BCUT2D eigenvalue weighted by atomic mass is 9.98. The average Bonchev–Trinajstić information content (AvgIpc) is 3.27. The number of carbonyl (C=O) groups excluding carboxylic acids is 5. The van der Waals surface area contributed by atoms with Gasteiger partial charge in [-0.15, -0.1) is 0 Å². The van der Waals surface area contributed by atoms with E-state index in [9.17, 15) is 44.1 Å². The van der Waals surface area contributed by atoms with Gasteiger partial charge in [-0.2, -0.15) is 0 Å². The van der Waals surface area contributed by atoms with E-state index in [4.69, 9.17) is 0 Å². The summed E-state index contributed by atoms with van der Waals surface area (Å²) < 4.78 is 0. The first-order chi connectivity index (χ1) is 29.4. The molecule has 0 spiro atoms. The standard InChI is InChI=1S/C47H47N5O9/c53-40-41(54)46(59)49-36(25-20-29-10-4-1-5-11-29)42(55)50-38(27-31-16-21-34(22-17-31)33-14-8-3-9-15-33)43(56)51-37(26-30-12-6-2-7-13-30)44(57)52-39(47(60)61)28-32-18-23-35(24-19-32)48-45(40)58/h1-19,21-24,36-41,53-54H,20,25-28H2,(H,48,58)(H,49,59)(H,50,55)(H,51,56)(H,52,57)(H,60,61)/t36-,37-,38+,39+,40-,41-/m1/s1. The summed E-state index contributed by atoms with van der Waals surface area (Å²) in [4.78, 5) is 81.7. The minimum Gasteiger partial charge on any atom is -0.480 e. The third kappa shape index (κ3) is 12.2. The number of aliphatic hydroxyl groups excluding tert-OH is 2. The largest absolute Gasteiger partial charge is 0.480 e. The first-order valence-corrected chi connectivity index (χ1v) is 19.9. The summed E-state index contributed by atoms with van der Waals surface area (Å²) >= 11 is 0. The Bertz CT molecular complexity index is 2290. The number of carboxylic acids is 1. The molecule has 7 rings (SSSR count). The number of benzene rings is 5. The second-order valence-corrected chi connectivity index (χ2v) is 14.8. The molecule has 0 aliphatic carbocycles. The van der Waals surface area contributed by atoms with Gasteiger partial charge in [-0.3, -0.25) is 24.0 Å². The van der Waals surface area contributed by atoms with Gasteiger partial charge in [-0.25, -0.2) is 4.79 Å². The van der Waals surface area contributed by atoms with Crippen LogP contribution in [0.1, 0.15) is 28.7 Å². The highest BCUT2D eigenvalue weighted by Crippen LogP contribution is 2.20. The highest BCUT2D eigenvalue weighted by atomic mass is 16.4. The van der Waals surface area contributed by atoms with Gasteiger partial charge in [0.15, 0.2) is 12.2 Å². The smallest absolute Gasteiger partial charge is 0.326 e. The molecule has 0 radical (unpaired) electrons. The molecule has 0 unspecified atom stereocenters. The fraction of sp³-hybridized carbons (Fsp3) is 0.234. The van der Waals surface area contributed by atoms with Crippen LogP contribution in [0, 0.1) is 0 Å². The number of carbonyl (C=O) groups is 6. The van der Waals surface area contributed by atoms with Crippen LogP contribution in [0.3, 0.4) is 0 Å². The molecule has 61 heavy (non-hydrogen) atoms. The van der Waals surface area contributed by atoms with Crippen molar-refractivity contribution in [2.24, 2.45) is 0 Å². The van der Waals surface area contributed by atoms with E-state index in [-0.39, 0.29) is 37.8 Å². The van der Waals surface area contributed by atoms with E-state index < -0.39 is 71.9 Å². The fourth-order valence-corrected chi connectivity index (χ4v) is 6.93. The number of nitrogens with one attached hydrogen (secondary N) is 5. The van der Waals surface area contributed by atoms with Crippen LogP contribution in [-0.2, 0) is 54.5 Å². The highest BCUT2D eigenvalue weighted by Gasteiger charge is 2.35. The lowest BCUT2D eigenvalue weighted by molar-refractivity contribution is -0.145. The van der Waals surface area contributed by atoms with Crippen molar-refractivity contribution < 1.29 is 44.1 Å². The van der Waals surface area contributed by atoms with Crippen molar-refractivity contribution in [3.8, 4) is 11.1 Å². The Morgan fingerprint density at radius 3 is 1.52 bits per heavy atom. The first-order valence-electron chi connectivity index (χ1n) is 19.9. The molecule has 0 aromatic heterocycles. The summed E-state index contributed by atoms with van der Waals surface area (Å²) in [7, 11) is 0. The molecule has 314 valence electrons. The van der Waals surface area contributed by atoms with Gasteiger partial charge in [0.2, 0.25) is 17.7 Å². The van der Waals surface area contributed by atoms with E-state index in [1.165, 1.54) is 24.3 Å². The van der Waals surface area contributed by atoms with Gasteiger partial charge >= 0.3 is 5.97 Å². The van der Waals surface area contributed by atoms with Crippen molar-refractivity contribution >= 4 is 41.2 Å². The van der Waals surface area contributed by atoms with Crippen LogP contribution in [0.2, 0.25) is 0 Å². The van der Waals surface area contributed by atoms with Crippen LogP contribution < -0.4 is 26.6 Å². The summed E-state index contributed by atoms with van der Waals surface area (Å²) in [5.41, 5.74) is 4.62. The van der Waals surface area contributed by atoms with E-state index in [0.717, 1.165) is 16.7 Å². The van der Waals surface area contributed by atoms with Gasteiger partial charge in [0.25, 0.3) is 11.8 Å². The van der Waals surface area contributed by atoms with E-state index in [0.29, 0.717) is 16.7 Å². The Hall–Kier alpha value is -7.16. The van der Waals surface area contributed by atoms with Gasteiger partial charge in [-0.1, -0.05) is 127 Å².